The molecule has 0 radical (unpaired) electrons. The summed E-state index contributed by atoms with van der Waals surface area (Å²) in [6.45, 7) is 0.300. The molecule has 0 aliphatic rings. The number of nitro groups is 1. The van der Waals surface area contributed by atoms with Crippen LogP contribution in [0.5, 0.6) is 0 Å². The van der Waals surface area contributed by atoms with Gasteiger partial charge in [0.2, 0.25) is 0 Å². The summed E-state index contributed by atoms with van der Waals surface area (Å²) >= 11 is 0. The molecule has 0 saturated carbocycles. The van der Waals surface area contributed by atoms with Gasteiger partial charge in [0.25, 0.3) is 15.7 Å². The number of aryl methyl sites for hydroxylation is 1. The minimum Gasteiger partial charge on any atom is -0.480 e. The van der Waals surface area contributed by atoms with Crippen LogP contribution in [0.15, 0.2) is 47.4 Å². The van der Waals surface area contributed by atoms with Crippen molar-refractivity contribution in [3.05, 3.63) is 63.7 Å². The molecule has 0 spiro atoms. The Hall–Kier alpha value is -3.15. The maximum atomic E-state index is 12.9. The van der Waals surface area contributed by atoms with E-state index in [4.69, 9.17) is 5.11 Å². The van der Waals surface area contributed by atoms with Gasteiger partial charge < -0.3 is 5.11 Å². The first-order valence-electron chi connectivity index (χ1n) is 7.51. The van der Waals surface area contributed by atoms with E-state index in [1.807, 2.05) is 0 Å². The molecule has 0 aliphatic heterocycles. The standard InChI is InChI=1S/C16H13F3N2O6S/c1-10-2-7-13(8-14(10)21(24)25)28(26,27)20(9-15(22)23)12-5-3-11(4-6-12)16(17,18)19/h2-8H,9H2,1H3,(H,22,23). The molecule has 12 heteroatoms. The normalized spacial score (nSPS) is 11.9. The number of nitro benzene ring substituents is 1. The van der Waals surface area contributed by atoms with E-state index in [9.17, 15) is 36.5 Å². The maximum absolute atomic E-state index is 12.9. The highest BCUT2D eigenvalue weighted by molar-refractivity contribution is 7.92. The number of halogens is 3. The van der Waals surface area contributed by atoms with E-state index >= 15 is 0 Å². The number of sulfonamides is 1. The number of nitrogens with zero attached hydrogens (tertiary/aromatic N) is 2. The quantitative estimate of drug-likeness (QED) is 0.569. The van der Waals surface area contributed by atoms with Gasteiger partial charge in [-0.1, -0.05) is 6.07 Å². The lowest BCUT2D eigenvalue weighted by Crippen LogP contribution is -2.35. The number of benzene rings is 2. The molecule has 2 rings (SSSR count). The number of rotatable bonds is 6. The van der Waals surface area contributed by atoms with Gasteiger partial charge in [-0.3, -0.25) is 19.2 Å². The molecule has 28 heavy (non-hydrogen) atoms. The molecular formula is C16H13F3N2O6S. The number of alkyl halides is 3. The first-order valence-corrected chi connectivity index (χ1v) is 8.95. The van der Waals surface area contributed by atoms with Crippen LogP contribution in [0.2, 0.25) is 0 Å². The van der Waals surface area contributed by atoms with Gasteiger partial charge in [-0.25, -0.2) is 8.42 Å². The Morgan fingerprint density at radius 1 is 1.18 bits per heavy atom. The SMILES string of the molecule is Cc1ccc(S(=O)(=O)N(CC(=O)O)c2ccc(C(F)(F)F)cc2)cc1[N+](=O)[O-]. The average Bonchev–Trinajstić information content (AvgIpc) is 2.58. The third-order valence-electron chi connectivity index (χ3n) is 3.73. The minimum atomic E-state index is -4.66. The summed E-state index contributed by atoms with van der Waals surface area (Å²) in [6.07, 6.45) is -4.66. The summed E-state index contributed by atoms with van der Waals surface area (Å²) in [5, 5.41) is 20.1. The lowest BCUT2D eigenvalue weighted by atomic mass is 10.2. The summed E-state index contributed by atoms with van der Waals surface area (Å²) in [5.41, 5.74) is -1.69. The molecule has 0 bridgehead atoms. The molecule has 0 atom stereocenters. The van der Waals surface area contributed by atoms with Crippen molar-refractivity contribution in [2.75, 3.05) is 10.8 Å². The highest BCUT2D eigenvalue weighted by Crippen LogP contribution is 2.32. The van der Waals surface area contributed by atoms with Gasteiger partial charge in [0, 0.05) is 11.6 Å². The second kappa shape index (κ2) is 7.46. The second-order valence-electron chi connectivity index (χ2n) is 5.66. The number of carboxylic acids is 1. The molecule has 8 nitrogen and oxygen atoms in total. The van der Waals surface area contributed by atoms with Gasteiger partial charge >= 0.3 is 12.1 Å². The second-order valence-corrected chi connectivity index (χ2v) is 7.52. The maximum Gasteiger partial charge on any atom is 0.416 e. The smallest absolute Gasteiger partial charge is 0.416 e. The van der Waals surface area contributed by atoms with Crippen LogP contribution in [-0.4, -0.2) is 31.0 Å². The molecule has 1 N–H and O–H groups in total. The van der Waals surface area contributed by atoms with E-state index in [0.717, 1.165) is 24.3 Å². The van der Waals surface area contributed by atoms with Gasteiger partial charge in [0.05, 0.1) is 21.1 Å². The summed E-state index contributed by atoms with van der Waals surface area (Å²) in [4.78, 5) is 20.8. The molecule has 0 unspecified atom stereocenters. The fourth-order valence-corrected chi connectivity index (χ4v) is 3.76. The number of hydrogen-bond donors (Lipinski definition) is 1. The Kier molecular flexibility index (Phi) is 5.64. The van der Waals surface area contributed by atoms with Crippen LogP contribution in [0.1, 0.15) is 11.1 Å². The third-order valence-corrected chi connectivity index (χ3v) is 5.50. The van der Waals surface area contributed by atoms with Crippen LogP contribution in [0, 0.1) is 17.0 Å². The average molecular weight is 418 g/mol. The molecule has 2 aromatic carbocycles. The molecule has 0 aromatic heterocycles. The topological polar surface area (TPSA) is 118 Å². The van der Waals surface area contributed by atoms with E-state index in [1.165, 1.54) is 13.0 Å². The fourth-order valence-electron chi connectivity index (χ4n) is 2.33. The predicted molar refractivity (Wildman–Crippen MR) is 91.4 cm³/mol. The van der Waals surface area contributed by atoms with E-state index in [-0.39, 0.29) is 11.3 Å². The third kappa shape index (κ3) is 4.39. The van der Waals surface area contributed by atoms with Crippen LogP contribution in [0.4, 0.5) is 24.5 Å². The monoisotopic (exact) mass is 418 g/mol. The van der Waals surface area contributed by atoms with Crippen molar-refractivity contribution < 1.29 is 36.4 Å². The van der Waals surface area contributed by atoms with Gasteiger partial charge in [-0.05, 0) is 37.3 Å². The molecule has 0 saturated heterocycles. The van der Waals surface area contributed by atoms with E-state index in [0.29, 0.717) is 16.4 Å². The van der Waals surface area contributed by atoms with Crippen LogP contribution in [0.25, 0.3) is 0 Å². The van der Waals surface area contributed by atoms with Crippen molar-refractivity contribution in [2.45, 2.75) is 18.0 Å². The summed E-state index contributed by atoms with van der Waals surface area (Å²) in [5.74, 6) is -1.56. The lowest BCUT2D eigenvalue weighted by Gasteiger charge is -2.23. The number of carboxylic acid groups (broad SMARTS) is 1. The minimum absolute atomic E-state index is 0.184. The molecule has 2 aromatic rings. The van der Waals surface area contributed by atoms with Gasteiger partial charge in [-0.2, -0.15) is 13.2 Å². The van der Waals surface area contributed by atoms with Crippen molar-refractivity contribution in [3.8, 4) is 0 Å². The first-order chi connectivity index (χ1) is 12.8. The van der Waals surface area contributed by atoms with Crippen LogP contribution < -0.4 is 4.31 Å². The Bertz CT molecular complexity index is 1020. The number of aliphatic carboxylic acids is 1. The Balaban J connectivity index is 2.57. The van der Waals surface area contributed by atoms with E-state index in [1.54, 1.807) is 0 Å². The highest BCUT2D eigenvalue weighted by Gasteiger charge is 2.32. The van der Waals surface area contributed by atoms with E-state index in [2.05, 4.69) is 0 Å². The number of hydrogen-bond acceptors (Lipinski definition) is 5. The van der Waals surface area contributed by atoms with Gasteiger partial charge in [-0.15, -0.1) is 0 Å². The zero-order valence-corrected chi connectivity index (χ0v) is 15.0. The summed E-state index contributed by atoms with van der Waals surface area (Å²) in [7, 11) is -4.60. The van der Waals surface area contributed by atoms with Crippen molar-refractivity contribution in [1.82, 2.24) is 0 Å². The number of anilines is 1. The van der Waals surface area contributed by atoms with Crippen molar-refractivity contribution in [2.24, 2.45) is 0 Å². The molecular weight excluding hydrogens is 405 g/mol. The molecule has 0 aliphatic carbocycles. The molecule has 0 amide bonds. The van der Waals surface area contributed by atoms with Gasteiger partial charge in [0.1, 0.15) is 6.54 Å². The Labute approximate surface area is 157 Å². The molecule has 0 fully saturated rings. The molecule has 150 valence electrons. The summed E-state index contributed by atoms with van der Waals surface area (Å²) < 4.78 is 64.2. The largest absolute Gasteiger partial charge is 0.480 e. The zero-order valence-electron chi connectivity index (χ0n) is 14.2. The number of carbonyl (C=O) groups is 1. The lowest BCUT2D eigenvalue weighted by molar-refractivity contribution is -0.385. The predicted octanol–water partition coefficient (Wildman–Crippen LogP) is 3.20. The molecule has 0 heterocycles. The van der Waals surface area contributed by atoms with Gasteiger partial charge in [0.15, 0.2) is 0 Å². The van der Waals surface area contributed by atoms with Crippen LogP contribution >= 0.6 is 0 Å². The van der Waals surface area contributed by atoms with Crippen molar-refractivity contribution in [1.29, 1.82) is 0 Å². The van der Waals surface area contributed by atoms with Crippen molar-refractivity contribution in [3.63, 3.8) is 0 Å². The van der Waals surface area contributed by atoms with Crippen molar-refractivity contribution >= 4 is 27.4 Å². The highest BCUT2D eigenvalue weighted by atomic mass is 32.2. The summed E-state index contributed by atoms with van der Waals surface area (Å²) in [6, 6.07) is 5.84. The van der Waals surface area contributed by atoms with Crippen LogP contribution in [-0.2, 0) is 21.0 Å². The Morgan fingerprint density at radius 3 is 2.21 bits per heavy atom. The van der Waals surface area contributed by atoms with Crippen LogP contribution in [0.3, 0.4) is 0 Å². The first kappa shape index (κ1) is 21.2. The Morgan fingerprint density at radius 2 is 1.75 bits per heavy atom. The fraction of sp³-hybridized carbons (Fsp3) is 0.188. The van der Waals surface area contributed by atoms with E-state index < -0.39 is 49.8 Å². The zero-order chi connectivity index (χ0) is 21.3.